The highest BCUT2D eigenvalue weighted by atomic mass is 35.5. The molecule has 0 spiro atoms. The Hall–Kier alpha value is -1.66. The molecule has 1 atom stereocenters. The topological polar surface area (TPSA) is 64.3 Å². The van der Waals surface area contributed by atoms with E-state index in [1.165, 1.54) is 0 Å². The molecule has 0 bridgehead atoms. The molecule has 7 heteroatoms. The number of ether oxygens (including phenoxy) is 1. The van der Waals surface area contributed by atoms with Crippen LogP contribution in [-0.2, 0) is 0 Å². The van der Waals surface area contributed by atoms with Crippen molar-refractivity contribution < 1.29 is 18.3 Å². The summed E-state index contributed by atoms with van der Waals surface area (Å²) in [6.07, 6.45) is -1.40. The predicted molar refractivity (Wildman–Crippen MR) is 89.5 cm³/mol. The molecule has 0 radical (unpaired) electrons. The van der Waals surface area contributed by atoms with E-state index in [0.717, 1.165) is 0 Å². The first kappa shape index (κ1) is 21.3. The normalized spacial score (nSPS) is 13.0. The summed E-state index contributed by atoms with van der Waals surface area (Å²) < 4.78 is 31.1. The Labute approximate surface area is 141 Å². The fraction of sp³-hybridized carbons (Fsp3) is 0.438. The van der Waals surface area contributed by atoms with Gasteiger partial charge in [0.25, 0.3) is 5.91 Å². The van der Waals surface area contributed by atoms with Crippen molar-refractivity contribution >= 4 is 18.3 Å². The number of nitrogens with one attached hydrogen (secondary N) is 1. The molecule has 1 rings (SSSR count). The molecule has 3 N–H and O–H groups in total. The van der Waals surface area contributed by atoms with E-state index < -0.39 is 6.17 Å². The van der Waals surface area contributed by atoms with Crippen molar-refractivity contribution in [2.45, 2.75) is 32.5 Å². The first-order valence-electron chi connectivity index (χ1n) is 6.95. The van der Waals surface area contributed by atoms with Gasteiger partial charge in [0, 0.05) is 23.2 Å². The van der Waals surface area contributed by atoms with Gasteiger partial charge in [-0.1, -0.05) is 0 Å². The molecule has 0 aliphatic carbocycles. The highest BCUT2D eigenvalue weighted by molar-refractivity contribution is 5.94. The van der Waals surface area contributed by atoms with E-state index in [1.807, 2.05) is 20.8 Å². The lowest BCUT2D eigenvalue weighted by molar-refractivity contribution is 0.0919. The SMILES string of the molecule is CC(C)(C)NC(=O)c1ccc(OC/C(=C/F)[C@@H](F)CN)cc1.Cl. The monoisotopic (exact) mass is 348 g/mol. The summed E-state index contributed by atoms with van der Waals surface area (Å²) in [6, 6.07) is 6.32. The largest absolute Gasteiger partial charge is 0.489 e. The Morgan fingerprint density at radius 1 is 1.35 bits per heavy atom. The van der Waals surface area contributed by atoms with E-state index in [0.29, 0.717) is 11.3 Å². The van der Waals surface area contributed by atoms with Crippen LogP contribution >= 0.6 is 12.4 Å². The highest BCUT2D eigenvalue weighted by Crippen LogP contribution is 2.15. The summed E-state index contributed by atoms with van der Waals surface area (Å²) >= 11 is 0. The molecule has 0 aromatic heterocycles. The molecule has 0 saturated heterocycles. The van der Waals surface area contributed by atoms with Gasteiger partial charge in [-0.25, -0.2) is 8.78 Å². The number of nitrogens with two attached hydrogens (primary N) is 1. The lowest BCUT2D eigenvalue weighted by atomic mass is 10.1. The fourth-order valence-corrected chi connectivity index (χ4v) is 1.62. The van der Waals surface area contributed by atoms with E-state index in [-0.39, 0.29) is 48.9 Å². The summed E-state index contributed by atoms with van der Waals surface area (Å²) in [5.74, 6) is 0.214. The Balaban J connectivity index is 0.00000484. The van der Waals surface area contributed by atoms with Crippen LogP contribution in [0, 0.1) is 0 Å². The maximum Gasteiger partial charge on any atom is 0.251 e. The molecular weight excluding hydrogens is 326 g/mol. The van der Waals surface area contributed by atoms with Gasteiger partial charge in [-0.2, -0.15) is 0 Å². The van der Waals surface area contributed by atoms with Gasteiger partial charge in [-0.15, -0.1) is 12.4 Å². The first-order chi connectivity index (χ1) is 10.3. The van der Waals surface area contributed by atoms with Crippen LogP contribution in [0.15, 0.2) is 36.2 Å². The molecule has 0 fully saturated rings. The second-order valence-corrected chi connectivity index (χ2v) is 5.90. The van der Waals surface area contributed by atoms with Crippen LogP contribution in [0.2, 0.25) is 0 Å². The average molecular weight is 349 g/mol. The van der Waals surface area contributed by atoms with Gasteiger partial charge < -0.3 is 15.8 Å². The quantitative estimate of drug-likeness (QED) is 0.830. The summed E-state index contributed by atoms with van der Waals surface area (Å²) in [5.41, 5.74) is 5.14. The van der Waals surface area contributed by atoms with Crippen LogP contribution in [0.5, 0.6) is 5.75 Å². The smallest absolute Gasteiger partial charge is 0.251 e. The summed E-state index contributed by atoms with van der Waals surface area (Å²) in [6.45, 7) is 5.13. The van der Waals surface area contributed by atoms with Crippen LogP contribution in [0.1, 0.15) is 31.1 Å². The molecule has 0 saturated carbocycles. The second-order valence-electron chi connectivity index (χ2n) is 5.90. The first-order valence-corrected chi connectivity index (χ1v) is 6.95. The van der Waals surface area contributed by atoms with Gasteiger partial charge in [0.2, 0.25) is 0 Å². The number of benzene rings is 1. The molecule has 0 aliphatic heterocycles. The van der Waals surface area contributed by atoms with Gasteiger partial charge in [0.1, 0.15) is 18.5 Å². The molecule has 130 valence electrons. The average Bonchev–Trinajstić information content (AvgIpc) is 2.46. The molecule has 0 aliphatic rings. The Bertz CT molecular complexity index is 528. The van der Waals surface area contributed by atoms with Crippen molar-refractivity contribution in [2.24, 2.45) is 5.73 Å². The van der Waals surface area contributed by atoms with Gasteiger partial charge >= 0.3 is 0 Å². The van der Waals surface area contributed by atoms with Crippen molar-refractivity contribution in [1.29, 1.82) is 0 Å². The number of rotatable bonds is 6. The Morgan fingerprint density at radius 2 is 1.91 bits per heavy atom. The van der Waals surface area contributed by atoms with E-state index in [4.69, 9.17) is 10.5 Å². The van der Waals surface area contributed by atoms with E-state index in [9.17, 15) is 13.6 Å². The fourth-order valence-electron chi connectivity index (χ4n) is 1.62. The minimum atomic E-state index is -1.57. The van der Waals surface area contributed by atoms with Crippen LogP contribution in [0.4, 0.5) is 8.78 Å². The second kappa shape index (κ2) is 9.47. The number of hydrogen-bond acceptors (Lipinski definition) is 3. The van der Waals surface area contributed by atoms with Crippen molar-refractivity contribution in [1.82, 2.24) is 5.32 Å². The number of alkyl halides is 1. The van der Waals surface area contributed by atoms with E-state index in [1.54, 1.807) is 24.3 Å². The zero-order valence-corrected chi connectivity index (χ0v) is 14.3. The van der Waals surface area contributed by atoms with Crippen molar-refractivity contribution in [2.75, 3.05) is 13.2 Å². The molecule has 0 unspecified atom stereocenters. The third kappa shape index (κ3) is 7.43. The molecule has 0 heterocycles. The molecule has 4 nitrogen and oxygen atoms in total. The van der Waals surface area contributed by atoms with Crippen molar-refractivity contribution in [3.8, 4) is 5.75 Å². The van der Waals surface area contributed by atoms with Gasteiger partial charge in [0.05, 0.1) is 6.33 Å². The van der Waals surface area contributed by atoms with Gasteiger partial charge in [-0.3, -0.25) is 4.79 Å². The number of halogens is 3. The van der Waals surface area contributed by atoms with Crippen LogP contribution in [-0.4, -0.2) is 30.8 Å². The lowest BCUT2D eigenvalue weighted by Crippen LogP contribution is -2.40. The van der Waals surface area contributed by atoms with E-state index in [2.05, 4.69) is 5.32 Å². The maximum atomic E-state index is 13.3. The van der Waals surface area contributed by atoms with Crippen LogP contribution in [0.3, 0.4) is 0 Å². The number of carbonyl (C=O) groups excluding carboxylic acids is 1. The zero-order valence-electron chi connectivity index (χ0n) is 13.4. The van der Waals surface area contributed by atoms with Gasteiger partial charge in [0.15, 0.2) is 0 Å². The molecular formula is C16H23ClF2N2O2. The number of amides is 1. The molecule has 1 amide bonds. The Morgan fingerprint density at radius 3 is 2.35 bits per heavy atom. The number of hydrogen-bond donors (Lipinski definition) is 2. The number of carbonyl (C=O) groups is 1. The van der Waals surface area contributed by atoms with Crippen molar-refractivity contribution in [3.63, 3.8) is 0 Å². The zero-order chi connectivity index (χ0) is 16.8. The third-order valence-electron chi connectivity index (χ3n) is 2.76. The summed E-state index contributed by atoms with van der Waals surface area (Å²) in [7, 11) is 0. The maximum absolute atomic E-state index is 13.3. The standard InChI is InChI=1S/C16H22F2N2O2.ClH/c1-16(2,3)20-15(21)11-4-6-13(7-5-11)22-10-12(8-17)14(18)9-19;/h4-8,14H,9-10,19H2,1-3H3,(H,20,21);1H/b12-8-;/t14-;/m0./s1. The lowest BCUT2D eigenvalue weighted by Gasteiger charge is -2.20. The van der Waals surface area contributed by atoms with E-state index >= 15 is 0 Å². The van der Waals surface area contributed by atoms with Crippen LogP contribution in [0.25, 0.3) is 0 Å². The molecule has 1 aromatic rings. The van der Waals surface area contributed by atoms with Gasteiger partial charge in [-0.05, 0) is 45.0 Å². The third-order valence-corrected chi connectivity index (χ3v) is 2.76. The highest BCUT2D eigenvalue weighted by Gasteiger charge is 2.15. The van der Waals surface area contributed by atoms with Crippen LogP contribution < -0.4 is 15.8 Å². The minimum absolute atomic E-state index is 0. The summed E-state index contributed by atoms with van der Waals surface area (Å²) in [5, 5.41) is 2.83. The molecule has 1 aromatic carbocycles. The minimum Gasteiger partial charge on any atom is -0.489 e. The Kier molecular flexibility index (Phi) is 8.79. The summed E-state index contributed by atoms with van der Waals surface area (Å²) in [4.78, 5) is 11.9. The molecule has 23 heavy (non-hydrogen) atoms. The van der Waals surface area contributed by atoms with Crippen molar-refractivity contribution in [3.05, 3.63) is 41.7 Å². The predicted octanol–water partition coefficient (Wildman–Crippen LogP) is 3.17.